The van der Waals surface area contributed by atoms with Crippen LogP contribution in [0.5, 0.6) is 0 Å². The van der Waals surface area contributed by atoms with E-state index in [1.54, 1.807) is 0 Å². The predicted octanol–water partition coefficient (Wildman–Crippen LogP) is 2.43. The molecule has 0 spiro atoms. The lowest BCUT2D eigenvalue weighted by Crippen LogP contribution is -2.25. The lowest BCUT2D eigenvalue weighted by molar-refractivity contribution is 0.587. The van der Waals surface area contributed by atoms with E-state index in [4.69, 9.17) is 0 Å². The molecule has 1 N–H and O–H groups in total. The summed E-state index contributed by atoms with van der Waals surface area (Å²) in [6, 6.07) is 2.66. The number of aromatic nitrogens is 1. The number of rotatable bonds is 4. The molecule has 2 heterocycles. The summed E-state index contributed by atoms with van der Waals surface area (Å²) in [5, 5.41) is 3.47. The van der Waals surface area contributed by atoms with Gasteiger partial charge in [-0.25, -0.2) is 0 Å². The van der Waals surface area contributed by atoms with Gasteiger partial charge in [0.15, 0.2) is 0 Å². The van der Waals surface area contributed by atoms with E-state index in [2.05, 4.69) is 42.0 Å². The van der Waals surface area contributed by atoms with E-state index in [-0.39, 0.29) is 0 Å². The average Bonchev–Trinajstić information content (AvgIpc) is 2.73. The zero-order chi connectivity index (χ0) is 12.3. The lowest BCUT2D eigenvalue weighted by Gasteiger charge is -2.22. The topological polar surface area (TPSA) is 28.2 Å². The van der Waals surface area contributed by atoms with Crippen molar-refractivity contribution in [2.75, 3.05) is 18.0 Å². The van der Waals surface area contributed by atoms with Gasteiger partial charge in [-0.1, -0.05) is 20.8 Å². The first-order valence-corrected chi connectivity index (χ1v) is 6.58. The lowest BCUT2D eigenvalue weighted by atomic mass is 10.2. The normalized spacial score (nSPS) is 20.2. The summed E-state index contributed by atoms with van der Waals surface area (Å²) >= 11 is 0. The van der Waals surface area contributed by atoms with Crippen molar-refractivity contribution in [3.8, 4) is 0 Å². The van der Waals surface area contributed by atoms with Crippen LogP contribution in [0.3, 0.4) is 0 Å². The molecule has 0 bridgehead atoms. The summed E-state index contributed by atoms with van der Waals surface area (Å²) in [5.74, 6) is 0.814. The fourth-order valence-electron chi connectivity index (χ4n) is 2.33. The maximum absolute atomic E-state index is 4.25. The second-order valence-electron chi connectivity index (χ2n) is 5.38. The maximum atomic E-state index is 4.25. The molecule has 1 aromatic rings. The Morgan fingerprint density at radius 2 is 2.35 bits per heavy atom. The van der Waals surface area contributed by atoms with Crippen LogP contribution in [0.15, 0.2) is 18.5 Å². The molecule has 3 heteroatoms. The van der Waals surface area contributed by atoms with E-state index in [1.807, 2.05) is 12.4 Å². The Morgan fingerprint density at radius 3 is 3.00 bits per heavy atom. The molecule has 94 valence electrons. The van der Waals surface area contributed by atoms with Crippen LogP contribution in [0.4, 0.5) is 5.69 Å². The molecule has 3 nitrogen and oxygen atoms in total. The fraction of sp³-hybridized carbons (Fsp3) is 0.643. The van der Waals surface area contributed by atoms with Gasteiger partial charge in [0.2, 0.25) is 0 Å². The Kier molecular flexibility index (Phi) is 4.00. The van der Waals surface area contributed by atoms with Crippen LogP contribution in [-0.4, -0.2) is 24.1 Å². The van der Waals surface area contributed by atoms with Crippen molar-refractivity contribution in [3.05, 3.63) is 24.0 Å². The quantitative estimate of drug-likeness (QED) is 0.865. The van der Waals surface area contributed by atoms with E-state index >= 15 is 0 Å². The molecule has 1 saturated heterocycles. The Balaban J connectivity index is 2.10. The standard InChI is InChI=1S/C14H23N3/c1-11(2)16-9-13-8-15-6-4-14(13)17-7-5-12(3)10-17/h4,6,8,11-12,16H,5,7,9-10H2,1-3H3. The van der Waals surface area contributed by atoms with Gasteiger partial charge in [-0.15, -0.1) is 0 Å². The van der Waals surface area contributed by atoms with E-state index in [0.29, 0.717) is 6.04 Å². The summed E-state index contributed by atoms with van der Waals surface area (Å²) in [6.45, 7) is 9.94. The second kappa shape index (κ2) is 5.50. The van der Waals surface area contributed by atoms with E-state index in [1.165, 1.54) is 30.8 Å². The van der Waals surface area contributed by atoms with Crippen LogP contribution in [0.25, 0.3) is 0 Å². The van der Waals surface area contributed by atoms with Crippen molar-refractivity contribution in [3.63, 3.8) is 0 Å². The fourth-order valence-corrected chi connectivity index (χ4v) is 2.33. The van der Waals surface area contributed by atoms with E-state index in [0.717, 1.165) is 12.5 Å². The molecule has 1 aliphatic heterocycles. The van der Waals surface area contributed by atoms with Crippen LogP contribution in [-0.2, 0) is 6.54 Å². The Morgan fingerprint density at radius 1 is 1.53 bits per heavy atom. The highest BCUT2D eigenvalue weighted by Gasteiger charge is 2.20. The summed E-state index contributed by atoms with van der Waals surface area (Å²) in [4.78, 5) is 6.74. The molecule has 1 aliphatic rings. The van der Waals surface area contributed by atoms with Gasteiger partial charge in [-0.2, -0.15) is 0 Å². The van der Waals surface area contributed by atoms with Crippen LogP contribution in [0.2, 0.25) is 0 Å². The summed E-state index contributed by atoms with van der Waals surface area (Å²) in [7, 11) is 0. The molecule has 0 saturated carbocycles. The Hall–Kier alpha value is -1.09. The van der Waals surface area contributed by atoms with Crippen molar-refractivity contribution < 1.29 is 0 Å². The zero-order valence-electron chi connectivity index (χ0n) is 11.1. The Labute approximate surface area is 104 Å². The van der Waals surface area contributed by atoms with Crippen molar-refractivity contribution in [2.24, 2.45) is 5.92 Å². The highest BCUT2D eigenvalue weighted by Crippen LogP contribution is 2.26. The largest absolute Gasteiger partial charge is 0.371 e. The zero-order valence-corrected chi connectivity index (χ0v) is 11.1. The molecule has 0 aromatic carbocycles. The van der Waals surface area contributed by atoms with Crippen LogP contribution in [0, 0.1) is 5.92 Å². The first-order chi connectivity index (χ1) is 8.16. The number of hydrogen-bond acceptors (Lipinski definition) is 3. The number of anilines is 1. The van der Waals surface area contributed by atoms with Gasteiger partial charge in [0.1, 0.15) is 0 Å². The third-order valence-corrected chi connectivity index (χ3v) is 3.34. The molecule has 2 rings (SSSR count). The van der Waals surface area contributed by atoms with Gasteiger partial charge in [-0.3, -0.25) is 4.98 Å². The van der Waals surface area contributed by atoms with Crippen molar-refractivity contribution in [2.45, 2.75) is 39.8 Å². The first-order valence-electron chi connectivity index (χ1n) is 6.58. The van der Waals surface area contributed by atoms with Gasteiger partial charge < -0.3 is 10.2 Å². The van der Waals surface area contributed by atoms with Gasteiger partial charge in [0, 0.05) is 49.3 Å². The maximum Gasteiger partial charge on any atom is 0.0442 e. The van der Waals surface area contributed by atoms with Crippen LogP contribution in [0.1, 0.15) is 32.8 Å². The SMILES string of the molecule is CC1CCN(c2ccncc2CNC(C)C)C1. The van der Waals surface area contributed by atoms with E-state index in [9.17, 15) is 0 Å². The highest BCUT2D eigenvalue weighted by molar-refractivity contribution is 5.53. The monoisotopic (exact) mass is 233 g/mol. The molecule has 0 aliphatic carbocycles. The predicted molar refractivity (Wildman–Crippen MR) is 72.2 cm³/mol. The van der Waals surface area contributed by atoms with Crippen LogP contribution >= 0.6 is 0 Å². The number of nitrogens with one attached hydrogen (secondary N) is 1. The second-order valence-corrected chi connectivity index (χ2v) is 5.38. The molecule has 1 fully saturated rings. The minimum Gasteiger partial charge on any atom is -0.371 e. The van der Waals surface area contributed by atoms with Crippen molar-refractivity contribution in [1.29, 1.82) is 0 Å². The van der Waals surface area contributed by atoms with Gasteiger partial charge in [0.05, 0.1) is 0 Å². The molecule has 0 amide bonds. The summed E-state index contributed by atoms with van der Waals surface area (Å²) in [6.07, 6.45) is 5.20. The summed E-state index contributed by atoms with van der Waals surface area (Å²) in [5.41, 5.74) is 2.67. The smallest absolute Gasteiger partial charge is 0.0442 e. The number of pyridine rings is 1. The average molecular weight is 233 g/mol. The van der Waals surface area contributed by atoms with Crippen LogP contribution < -0.4 is 10.2 Å². The summed E-state index contributed by atoms with van der Waals surface area (Å²) < 4.78 is 0. The van der Waals surface area contributed by atoms with Gasteiger partial charge in [-0.05, 0) is 18.4 Å². The van der Waals surface area contributed by atoms with Gasteiger partial charge >= 0.3 is 0 Å². The third kappa shape index (κ3) is 3.19. The van der Waals surface area contributed by atoms with Gasteiger partial charge in [0.25, 0.3) is 0 Å². The van der Waals surface area contributed by atoms with Crippen molar-refractivity contribution >= 4 is 5.69 Å². The molecule has 1 atom stereocenters. The number of nitrogens with zero attached hydrogens (tertiary/aromatic N) is 2. The van der Waals surface area contributed by atoms with E-state index < -0.39 is 0 Å². The molecule has 0 radical (unpaired) electrons. The number of hydrogen-bond donors (Lipinski definition) is 1. The molecule has 1 aromatic heterocycles. The highest BCUT2D eigenvalue weighted by atomic mass is 15.2. The molecule has 17 heavy (non-hydrogen) atoms. The molecule has 1 unspecified atom stereocenters. The minimum atomic E-state index is 0.514. The molecular formula is C14H23N3. The Bertz CT molecular complexity index is 362. The minimum absolute atomic E-state index is 0.514. The van der Waals surface area contributed by atoms with Crippen molar-refractivity contribution in [1.82, 2.24) is 10.3 Å². The third-order valence-electron chi connectivity index (χ3n) is 3.34. The molecular weight excluding hydrogens is 210 g/mol. The first kappa shape index (κ1) is 12.4.